The van der Waals surface area contributed by atoms with Crippen LogP contribution in [0.15, 0.2) is 21.2 Å². The molecule has 0 N–H and O–H groups in total. The molecule has 0 unspecified atom stereocenters. The highest BCUT2D eigenvalue weighted by atomic mass is 35.5. The molecule has 0 spiro atoms. The summed E-state index contributed by atoms with van der Waals surface area (Å²) in [7, 11) is 0. The van der Waals surface area contributed by atoms with Crippen molar-refractivity contribution in [3.63, 3.8) is 0 Å². The summed E-state index contributed by atoms with van der Waals surface area (Å²) in [5.41, 5.74) is 0.124. The van der Waals surface area contributed by atoms with Gasteiger partial charge in [0.25, 0.3) is 0 Å². The number of hydrogen-bond acceptors (Lipinski definition) is 2. The number of nitrogens with zero attached hydrogens (tertiary/aromatic N) is 2. The molecule has 0 atom stereocenters. The summed E-state index contributed by atoms with van der Waals surface area (Å²) >= 11 is 23.1. The van der Waals surface area contributed by atoms with Gasteiger partial charge in [0, 0.05) is 6.42 Å². The van der Waals surface area contributed by atoms with Crippen LogP contribution in [-0.4, -0.2) is 4.33 Å². The lowest BCUT2D eigenvalue weighted by atomic mass is 9.99. The molecule has 0 saturated carbocycles. The van der Waals surface area contributed by atoms with Gasteiger partial charge in [-0.15, -0.1) is 0 Å². The summed E-state index contributed by atoms with van der Waals surface area (Å²) in [5.74, 6) is 0. The van der Waals surface area contributed by atoms with Gasteiger partial charge in [0.05, 0.1) is 27.3 Å². The molecule has 72 valence electrons. The van der Waals surface area contributed by atoms with Crippen LogP contribution in [0.25, 0.3) is 0 Å². The standard InChI is InChI=1S/C8H2Cl4N2/c9-6-4(2-13)1-8(11,12)7(10)5(6)3-14/h1H2. The van der Waals surface area contributed by atoms with Gasteiger partial charge in [-0.2, -0.15) is 10.5 Å². The Hall–Kier alpha value is -0.380. The third-order valence-corrected chi connectivity index (χ3v) is 3.44. The molecule has 0 aromatic carbocycles. The minimum absolute atomic E-state index is 0.00938. The minimum Gasteiger partial charge on any atom is -0.193 e. The Bertz CT molecular complexity index is 420. The fourth-order valence-corrected chi connectivity index (χ4v) is 1.95. The van der Waals surface area contributed by atoms with E-state index in [0.29, 0.717) is 0 Å². The zero-order valence-corrected chi connectivity index (χ0v) is 9.64. The van der Waals surface area contributed by atoms with E-state index in [4.69, 9.17) is 56.9 Å². The van der Waals surface area contributed by atoms with Gasteiger partial charge in [-0.1, -0.05) is 46.4 Å². The molecule has 1 aliphatic rings. The number of hydrogen-bond donors (Lipinski definition) is 0. The maximum absolute atomic E-state index is 8.74. The average Bonchev–Trinajstić information content (AvgIpc) is 2.13. The Morgan fingerprint density at radius 2 is 1.71 bits per heavy atom. The van der Waals surface area contributed by atoms with Crippen molar-refractivity contribution in [1.82, 2.24) is 0 Å². The quantitative estimate of drug-likeness (QED) is 0.630. The molecule has 2 nitrogen and oxygen atoms in total. The Balaban J connectivity index is 3.41. The Labute approximate surface area is 101 Å². The van der Waals surface area contributed by atoms with E-state index >= 15 is 0 Å². The summed E-state index contributed by atoms with van der Waals surface area (Å²) < 4.78 is -1.43. The largest absolute Gasteiger partial charge is 0.193 e. The smallest absolute Gasteiger partial charge is 0.159 e. The van der Waals surface area contributed by atoms with E-state index in [0.717, 1.165) is 0 Å². The molecule has 0 aromatic heterocycles. The Morgan fingerprint density at radius 3 is 2.14 bits per heavy atom. The maximum atomic E-state index is 8.74. The first kappa shape index (κ1) is 11.7. The third kappa shape index (κ3) is 1.85. The van der Waals surface area contributed by atoms with Crippen LogP contribution in [0.1, 0.15) is 6.42 Å². The fourth-order valence-electron chi connectivity index (χ4n) is 0.994. The van der Waals surface area contributed by atoms with Crippen LogP contribution in [0.5, 0.6) is 0 Å². The van der Waals surface area contributed by atoms with E-state index < -0.39 is 4.33 Å². The van der Waals surface area contributed by atoms with Crippen LogP contribution < -0.4 is 0 Å². The first-order valence-corrected chi connectivity index (χ1v) is 4.92. The third-order valence-electron chi connectivity index (χ3n) is 1.67. The SMILES string of the molecule is N#CC1=C(Cl)C(C#N)=C(Cl)C(Cl)(Cl)C1. The van der Waals surface area contributed by atoms with Crippen molar-refractivity contribution in [3.8, 4) is 12.1 Å². The molecule has 0 amide bonds. The summed E-state index contributed by atoms with van der Waals surface area (Å²) in [6.07, 6.45) is 0.00938. The molecule has 0 heterocycles. The Morgan fingerprint density at radius 1 is 1.14 bits per heavy atom. The molecule has 6 heteroatoms. The molecular formula is C8H2Cl4N2. The van der Waals surface area contributed by atoms with Gasteiger partial charge in [0.15, 0.2) is 4.33 Å². The van der Waals surface area contributed by atoms with Crippen molar-refractivity contribution < 1.29 is 0 Å². The molecule has 1 rings (SSSR count). The van der Waals surface area contributed by atoms with Gasteiger partial charge in [-0.3, -0.25) is 0 Å². The highest BCUT2D eigenvalue weighted by Gasteiger charge is 2.38. The van der Waals surface area contributed by atoms with E-state index in [2.05, 4.69) is 0 Å². The van der Waals surface area contributed by atoms with E-state index in [9.17, 15) is 0 Å². The average molecular weight is 268 g/mol. The van der Waals surface area contributed by atoms with Crippen LogP contribution in [-0.2, 0) is 0 Å². The number of allylic oxidation sites excluding steroid dienone is 4. The van der Waals surface area contributed by atoms with E-state index in [1.165, 1.54) is 0 Å². The predicted octanol–water partition coefficient (Wildman–Crippen LogP) is 3.60. The van der Waals surface area contributed by atoms with Gasteiger partial charge in [0.1, 0.15) is 6.07 Å². The molecule has 0 aromatic rings. The molecule has 1 aliphatic carbocycles. The minimum atomic E-state index is -1.43. The van der Waals surface area contributed by atoms with Crippen molar-refractivity contribution in [3.05, 3.63) is 21.2 Å². The topological polar surface area (TPSA) is 47.6 Å². The van der Waals surface area contributed by atoms with Crippen molar-refractivity contribution >= 4 is 46.4 Å². The zero-order valence-electron chi connectivity index (χ0n) is 6.61. The normalized spacial score (nSPS) is 20.4. The summed E-state index contributed by atoms with van der Waals surface area (Å²) in [5, 5.41) is 17.4. The van der Waals surface area contributed by atoms with Crippen LogP contribution in [0.2, 0.25) is 0 Å². The molecular weight excluding hydrogens is 266 g/mol. The first-order chi connectivity index (χ1) is 6.44. The highest BCUT2D eigenvalue weighted by Crippen LogP contribution is 2.47. The predicted molar refractivity (Wildman–Crippen MR) is 56.0 cm³/mol. The zero-order chi connectivity index (χ0) is 10.9. The first-order valence-electron chi connectivity index (χ1n) is 3.41. The lowest BCUT2D eigenvalue weighted by molar-refractivity contribution is 0.898. The number of nitriles is 2. The van der Waals surface area contributed by atoms with Crippen molar-refractivity contribution in [2.24, 2.45) is 0 Å². The van der Waals surface area contributed by atoms with E-state index in [1.807, 2.05) is 6.07 Å². The number of rotatable bonds is 0. The second-order valence-electron chi connectivity index (χ2n) is 2.59. The van der Waals surface area contributed by atoms with Gasteiger partial charge >= 0.3 is 0 Å². The van der Waals surface area contributed by atoms with E-state index in [-0.39, 0.29) is 27.6 Å². The molecule has 14 heavy (non-hydrogen) atoms. The number of alkyl halides is 2. The lowest BCUT2D eigenvalue weighted by Crippen LogP contribution is -2.20. The van der Waals surface area contributed by atoms with Crippen molar-refractivity contribution in [1.29, 1.82) is 10.5 Å². The molecule has 0 saturated heterocycles. The van der Waals surface area contributed by atoms with Crippen molar-refractivity contribution in [2.75, 3.05) is 0 Å². The van der Waals surface area contributed by atoms with Gasteiger partial charge < -0.3 is 0 Å². The lowest BCUT2D eigenvalue weighted by Gasteiger charge is -2.24. The Kier molecular flexibility index (Phi) is 3.35. The molecule has 0 aliphatic heterocycles. The second kappa shape index (κ2) is 4.01. The summed E-state index contributed by atoms with van der Waals surface area (Å²) in [6, 6.07) is 3.59. The highest BCUT2D eigenvalue weighted by molar-refractivity contribution is 6.57. The summed E-state index contributed by atoms with van der Waals surface area (Å²) in [4.78, 5) is 0. The van der Waals surface area contributed by atoms with Crippen LogP contribution in [0.3, 0.4) is 0 Å². The van der Waals surface area contributed by atoms with Gasteiger partial charge in [0.2, 0.25) is 0 Å². The van der Waals surface area contributed by atoms with Crippen molar-refractivity contribution in [2.45, 2.75) is 10.8 Å². The summed E-state index contributed by atoms with van der Waals surface area (Å²) in [6.45, 7) is 0. The molecule has 0 fully saturated rings. The second-order valence-corrected chi connectivity index (χ2v) is 4.83. The molecule has 0 radical (unpaired) electrons. The monoisotopic (exact) mass is 266 g/mol. The fraction of sp³-hybridized carbons (Fsp3) is 0.250. The van der Waals surface area contributed by atoms with Gasteiger partial charge in [-0.25, -0.2) is 0 Å². The molecule has 0 bridgehead atoms. The van der Waals surface area contributed by atoms with E-state index in [1.54, 1.807) is 6.07 Å². The van der Waals surface area contributed by atoms with Crippen LogP contribution in [0, 0.1) is 22.7 Å². The number of halogens is 4. The van der Waals surface area contributed by atoms with Crippen LogP contribution in [0.4, 0.5) is 0 Å². The van der Waals surface area contributed by atoms with Gasteiger partial charge in [-0.05, 0) is 0 Å². The maximum Gasteiger partial charge on any atom is 0.159 e. The van der Waals surface area contributed by atoms with Crippen LogP contribution >= 0.6 is 46.4 Å².